The first-order valence-electron chi connectivity index (χ1n) is 8.86. The van der Waals surface area contributed by atoms with E-state index in [-0.39, 0.29) is 24.0 Å². The van der Waals surface area contributed by atoms with Gasteiger partial charge in [0.15, 0.2) is 5.96 Å². The largest absolute Gasteiger partial charge is 0.356 e. The quantitative estimate of drug-likeness (QED) is 0.374. The highest BCUT2D eigenvalue weighted by Crippen LogP contribution is 2.36. The van der Waals surface area contributed by atoms with Crippen molar-refractivity contribution in [2.24, 2.45) is 4.99 Å². The molecule has 0 bridgehead atoms. The van der Waals surface area contributed by atoms with E-state index in [0.717, 1.165) is 31.2 Å². The van der Waals surface area contributed by atoms with Crippen LogP contribution in [0.2, 0.25) is 0 Å². The van der Waals surface area contributed by atoms with E-state index >= 15 is 0 Å². The molecule has 1 atom stereocenters. The van der Waals surface area contributed by atoms with Crippen LogP contribution in [0.4, 0.5) is 0 Å². The molecule has 0 amide bonds. The molecule has 2 N–H and O–H groups in total. The zero-order valence-corrected chi connectivity index (χ0v) is 18.6. The lowest BCUT2D eigenvalue weighted by Crippen LogP contribution is -2.44. The second-order valence-electron chi connectivity index (χ2n) is 6.63. The highest BCUT2D eigenvalue weighted by Gasteiger charge is 2.29. The van der Waals surface area contributed by atoms with Gasteiger partial charge in [0.2, 0.25) is 0 Å². The van der Waals surface area contributed by atoms with Gasteiger partial charge in [0.05, 0.1) is 11.9 Å². The SMILES string of the molecule is CN=C(NCCc1cnn(-c2ccccc2)c1)NCC1(C)CCCS1.I. The molecule has 142 valence electrons. The van der Waals surface area contributed by atoms with Gasteiger partial charge in [0.25, 0.3) is 0 Å². The van der Waals surface area contributed by atoms with Crippen molar-refractivity contribution in [3.05, 3.63) is 48.3 Å². The molecule has 7 heteroatoms. The number of para-hydroxylation sites is 1. The normalized spacial score (nSPS) is 19.8. The number of thioether (sulfide) groups is 1. The maximum absolute atomic E-state index is 4.44. The van der Waals surface area contributed by atoms with E-state index in [1.807, 2.05) is 36.1 Å². The fourth-order valence-electron chi connectivity index (χ4n) is 3.00. The van der Waals surface area contributed by atoms with E-state index in [0.29, 0.717) is 4.75 Å². The first kappa shape index (κ1) is 21.1. The summed E-state index contributed by atoms with van der Waals surface area (Å²) in [5.74, 6) is 2.15. The van der Waals surface area contributed by atoms with Crippen LogP contribution in [-0.4, -0.2) is 46.4 Å². The Bertz CT molecular complexity index is 695. The number of aromatic nitrogens is 2. The zero-order valence-electron chi connectivity index (χ0n) is 15.4. The molecule has 3 rings (SSSR count). The third-order valence-corrected chi connectivity index (χ3v) is 6.05. The molecule has 1 aromatic heterocycles. The molecule has 5 nitrogen and oxygen atoms in total. The van der Waals surface area contributed by atoms with E-state index < -0.39 is 0 Å². The lowest BCUT2D eigenvalue weighted by atomic mass is 10.1. The maximum atomic E-state index is 4.44. The fourth-order valence-corrected chi connectivity index (χ4v) is 4.25. The molecule has 1 aliphatic rings. The molecule has 0 saturated carbocycles. The first-order chi connectivity index (χ1) is 12.2. The summed E-state index contributed by atoms with van der Waals surface area (Å²) in [6.45, 7) is 4.14. The number of benzene rings is 1. The van der Waals surface area contributed by atoms with Crippen molar-refractivity contribution in [1.29, 1.82) is 0 Å². The summed E-state index contributed by atoms with van der Waals surface area (Å²) in [6, 6.07) is 10.2. The number of guanidine groups is 1. The average Bonchev–Trinajstić information content (AvgIpc) is 3.28. The molecular formula is C19H28IN5S. The van der Waals surface area contributed by atoms with Gasteiger partial charge in [-0.25, -0.2) is 4.68 Å². The van der Waals surface area contributed by atoms with E-state index in [1.54, 1.807) is 0 Å². The van der Waals surface area contributed by atoms with Gasteiger partial charge < -0.3 is 10.6 Å². The van der Waals surface area contributed by atoms with Crippen LogP contribution in [-0.2, 0) is 6.42 Å². The second kappa shape index (κ2) is 10.2. The van der Waals surface area contributed by atoms with Gasteiger partial charge in [-0.3, -0.25) is 4.99 Å². The third-order valence-electron chi connectivity index (χ3n) is 4.52. The summed E-state index contributed by atoms with van der Waals surface area (Å²) in [6.07, 6.45) is 7.53. The number of halogens is 1. The number of aliphatic imine (C=N–C) groups is 1. The molecule has 1 aliphatic heterocycles. The van der Waals surface area contributed by atoms with Crippen LogP contribution in [0.3, 0.4) is 0 Å². The Morgan fingerprint density at radius 2 is 2.12 bits per heavy atom. The van der Waals surface area contributed by atoms with E-state index in [2.05, 4.69) is 57.7 Å². The molecule has 1 fully saturated rings. The standard InChI is InChI=1S/C19H27N5S.HI/c1-19(10-6-12-25-19)15-22-18(20-2)21-11-9-16-13-23-24(14-16)17-7-4-3-5-8-17;/h3-5,7-8,13-14H,6,9-12,15H2,1-2H3,(H2,20,21,22);1H. The van der Waals surface area contributed by atoms with Gasteiger partial charge >= 0.3 is 0 Å². The minimum absolute atomic E-state index is 0. The van der Waals surface area contributed by atoms with Crippen molar-refractivity contribution in [3.8, 4) is 5.69 Å². The Labute approximate surface area is 177 Å². The molecule has 0 spiro atoms. The van der Waals surface area contributed by atoms with E-state index in [4.69, 9.17) is 0 Å². The van der Waals surface area contributed by atoms with Crippen molar-refractivity contribution in [3.63, 3.8) is 0 Å². The summed E-state index contributed by atoms with van der Waals surface area (Å²) >= 11 is 2.06. The minimum atomic E-state index is 0. The smallest absolute Gasteiger partial charge is 0.191 e. The number of nitrogens with one attached hydrogen (secondary N) is 2. The Morgan fingerprint density at radius 3 is 2.81 bits per heavy atom. The lowest BCUT2D eigenvalue weighted by Gasteiger charge is -2.24. The van der Waals surface area contributed by atoms with E-state index in [1.165, 1.54) is 24.2 Å². The minimum Gasteiger partial charge on any atom is -0.356 e. The predicted octanol–water partition coefficient (Wildman–Crippen LogP) is 3.48. The maximum Gasteiger partial charge on any atom is 0.191 e. The second-order valence-corrected chi connectivity index (χ2v) is 8.32. The van der Waals surface area contributed by atoms with Gasteiger partial charge in [-0.05, 0) is 49.6 Å². The van der Waals surface area contributed by atoms with Crippen molar-refractivity contribution >= 4 is 41.7 Å². The Hall–Kier alpha value is -1.22. The first-order valence-corrected chi connectivity index (χ1v) is 9.85. The van der Waals surface area contributed by atoms with Gasteiger partial charge in [0.1, 0.15) is 0 Å². The summed E-state index contributed by atoms with van der Waals surface area (Å²) in [4.78, 5) is 4.33. The highest BCUT2D eigenvalue weighted by molar-refractivity contribution is 14.0. The van der Waals surface area contributed by atoms with Gasteiger partial charge in [-0.2, -0.15) is 16.9 Å². The van der Waals surface area contributed by atoms with Crippen LogP contribution in [0, 0.1) is 0 Å². The average molecular weight is 485 g/mol. The van der Waals surface area contributed by atoms with Crippen LogP contribution in [0.15, 0.2) is 47.7 Å². The van der Waals surface area contributed by atoms with Crippen molar-refractivity contribution in [2.75, 3.05) is 25.9 Å². The molecule has 0 aliphatic carbocycles. The molecule has 2 heterocycles. The summed E-state index contributed by atoms with van der Waals surface area (Å²) in [7, 11) is 1.83. The van der Waals surface area contributed by atoms with Gasteiger partial charge in [0, 0.05) is 31.1 Å². The topological polar surface area (TPSA) is 54.2 Å². The molecular weight excluding hydrogens is 457 g/mol. The summed E-state index contributed by atoms with van der Waals surface area (Å²) in [5, 5.41) is 11.3. The van der Waals surface area contributed by atoms with Crippen molar-refractivity contribution in [2.45, 2.75) is 30.9 Å². The highest BCUT2D eigenvalue weighted by atomic mass is 127. The Kier molecular flexibility index (Phi) is 8.27. The lowest BCUT2D eigenvalue weighted by molar-refractivity contribution is 0.584. The zero-order chi connectivity index (χ0) is 17.5. The van der Waals surface area contributed by atoms with Gasteiger partial charge in [-0.1, -0.05) is 18.2 Å². The van der Waals surface area contributed by atoms with Crippen LogP contribution in [0.5, 0.6) is 0 Å². The Morgan fingerprint density at radius 1 is 1.31 bits per heavy atom. The Balaban J connectivity index is 0.00000243. The van der Waals surface area contributed by atoms with Crippen LogP contribution < -0.4 is 10.6 Å². The molecule has 1 unspecified atom stereocenters. The van der Waals surface area contributed by atoms with Crippen molar-refractivity contribution < 1.29 is 0 Å². The molecule has 26 heavy (non-hydrogen) atoms. The molecule has 0 radical (unpaired) electrons. The van der Waals surface area contributed by atoms with Crippen LogP contribution in [0.25, 0.3) is 5.69 Å². The van der Waals surface area contributed by atoms with Gasteiger partial charge in [-0.15, -0.1) is 24.0 Å². The molecule has 2 aromatic rings. The predicted molar refractivity (Wildman–Crippen MR) is 122 cm³/mol. The molecule has 1 saturated heterocycles. The van der Waals surface area contributed by atoms with Crippen LogP contribution in [0.1, 0.15) is 25.3 Å². The summed E-state index contributed by atoms with van der Waals surface area (Å²) < 4.78 is 2.26. The number of rotatable bonds is 6. The molecule has 1 aromatic carbocycles. The van der Waals surface area contributed by atoms with Crippen molar-refractivity contribution in [1.82, 2.24) is 20.4 Å². The number of hydrogen-bond donors (Lipinski definition) is 2. The summed E-state index contributed by atoms with van der Waals surface area (Å²) in [5.41, 5.74) is 2.30. The number of hydrogen-bond acceptors (Lipinski definition) is 3. The number of nitrogens with zero attached hydrogens (tertiary/aromatic N) is 3. The third kappa shape index (κ3) is 5.90. The van der Waals surface area contributed by atoms with Crippen LogP contribution >= 0.6 is 35.7 Å². The van der Waals surface area contributed by atoms with E-state index in [9.17, 15) is 0 Å². The fraction of sp³-hybridized carbons (Fsp3) is 0.474. The monoisotopic (exact) mass is 485 g/mol.